The fourth-order valence-corrected chi connectivity index (χ4v) is 0. The summed E-state index contributed by atoms with van der Waals surface area (Å²) in [4.78, 5) is 0. The third-order valence-corrected chi connectivity index (χ3v) is 0. The molecule has 0 bridgehead atoms. The van der Waals surface area contributed by atoms with Gasteiger partial charge in [0.2, 0.25) is 0 Å². The fraction of sp³-hybridized carbons (Fsp3) is 0. The van der Waals surface area contributed by atoms with Gasteiger partial charge in [-0.25, -0.2) is 0 Å². The Hall–Kier alpha value is 38.3. The summed E-state index contributed by atoms with van der Waals surface area (Å²) in [6, 6.07) is 0. The van der Waals surface area contributed by atoms with Crippen LogP contribution in [0.5, 0.6) is 0 Å². The van der Waals surface area contributed by atoms with E-state index in [1.54, 1.807) is 0 Å². The number of hydrogen-bond acceptors (Lipinski definition) is 0. The van der Waals surface area contributed by atoms with Gasteiger partial charge in [-0.3, -0.25) is 0 Å². The molecule has 0 saturated carbocycles. The second kappa shape index (κ2) is 873. The molecular weight excluding hydrogens is 2020 g/mol. The van der Waals surface area contributed by atoms with E-state index in [0.29, 0.717) is 0 Å². The van der Waals surface area contributed by atoms with Gasteiger partial charge in [0.05, 0.1) is 0 Å². The molecule has 0 aliphatic heterocycles. The minimum Gasteiger partial charge on any atom is 0 e. The minimum atomic E-state index is 0. The maximum Gasteiger partial charge on any atom is 0 e. The number of rotatable bonds is 0. The number of hydrogen-bond donors (Lipinski definition) is 0. The van der Waals surface area contributed by atoms with Crippen molar-refractivity contribution in [1.82, 2.24) is 0 Å². The second-order valence-electron chi connectivity index (χ2n) is 0. The maximum absolute atomic E-state index is 0. The van der Waals surface area contributed by atoms with Crippen molar-refractivity contribution in [2.45, 2.75) is 0 Å². The van der Waals surface area contributed by atoms with Crippen LogP contribution in [-0.4, -0.2) is 1200 Å². The van der Waals surface area contributed by atoms with Crippen LogP contribution in [-0.2, 0) is 52.1 Å². The molecule has 0 aromatic rings. The standard InChI is InChI=1S/69Al.3Cr. The van der Waals surface area contributed by atoms with Crippen LogP contribution in [0.3, 0.4) is 0 Å². The van der Waals surface area contributed by atoms with Crippen LogP contribution in [0.25, 0.3) is 0 Å². The van der Waals surface area contributed by atoms with Crippen molar-refractivity contribution in [3.63, 3.8) is 0 Å². The van der Waals surface area contributed by atoms with Gasteiger partial charge < -0.3 is 0 Å². The summed E-state index contributed by atoms with van der Waals surface area (Å²) < 4.78 is 0. The molecule has 0 atom stereocenters. The first-order valence-corrected chi connectivity index (χ1v) is 0. The third kappa shape index (κ3) is 849. The average Bonchev–Trinajstić information content (AvgIpc) is 0. The quantitative estimate of drug-likeness (QED) is 0.212. The largest absolute Gasteiger partial charge is 0 e. The monoisotopic (exact) mass is 2020 g/mol. The molecule has 0 aliphatic rings. The van der Waals surface area contributed by atoms with Crippen LogP contribution in [0.1, 0.15) is 0 Å². The van der Waals surface area contributed by atoms with E-state index in [9.17, 15) is 0 Å². The zero-order valence-corrected chi connectivity index (χ0v) is 125. The fourth-order valence-electron chi connectivity index (χ4n) is 0. The normalized spacial score (nSPS) is 0. The van der Waals surface area contributed by atoms with Gasteiger partial charge in [-0.15, -0.1) is 0 Å². The van der Waals surface area contributed by atoms with Crippen molar-refractivity contribution >= 4 is 1200 Å². The molecule has 0 aromatic carbocycles. The molecule has 0 amide bonds. The zero-order chi connectivity index (χ0) is 0. The van der Waals surface area contributed by atoms with Crippen LogP contribution in [0.4, 0.5) is 0 Å². The molecular formula is Al69Cr3. The van der Waals surface area contributed by atoms with Gasteiger partial charge in [0.15, 0.2) is 0 Å². The van der Waals surface area contributed by atoms with Crippen molar-refractivity contribution in [2.24, 2.45) is 0 Å². The van der Waals surface area contributed by atoms with Crippen LogP contribution in [0, 0.1) is 0 Å². The van der Waals surface area contributed by atoms with Crippen LogP contribution < -0.4 is 0 Å². The van der Waals surface area contributed by atoms with Gasteiger partial charge in [-0.1, -0.05) is 0 Å². The molecule has 0 spiro atoms. The molecule has 0 fully saturated rings. The summed E-state index contributed by atoms with van der Waals surface area (Å²) in [6.45, 7) is 0. The Morgan fingerprint density at radius 3 is 0.0278 bits per heavy atom. The summed E-state index contributed by atoms with van der Waals surface area (Å²) in [7, 11) is 0. The molecule has 0 aliphatic carbocycles. The second-order valence-corrected chi connectivity index (χ2v) is 0. The topological polar surface area (TPSA) is 0 Å². The van der Waals surface area contributed by atoms with E-state index in [2.05, 4.69) is 0 Å². The van der Waals surface area contributed by atoms with Crippen molar-refractivity contribution in [3.8, 4) is 0 Å². The van der Waals surface area contributed by atoms with E-state index in [1.807, 2.05) is 0 Å². The average molecular weight is 2020 g/mol. The molecule has 0 N–H and O–H groups in total. The predicted molar refractivity (Wildman–Crippen MR) is 397 cm³/mol. The SMILES string of the molecule is [Al].[Al].[Al].[Al].[Al].[Al].[Al].[Al].[Al].[Al].[Al].[Al].[Al].[Al].[Al].[Al].[Al].[Al].[Al].[Al].[Al].[Al].[Al].[Al].[Al].[Al].[Al].[Al].[Al].[Al].[Al].[Al].[Al].[Al].[Al].[Al].[Al].[Al].[Al].[Al].[Al].[Al].[Al].[Al].[Al].[Al].[Al].[Al].[Al].[Al].[Al].[Al].[Al].[Al].[Al].[Al].[Al].[Al].[Al].[Al].[Al].[Al].[Al].[Al].[Al].[Al].[Al].[Al].[Al].[Cr].[Cr].[Cr]. The van der Waals surface area contributed by atoms with Gasteiger partial charge in [-0.2, -0.15) is 0 Å². The molecule has 0 saturated heterocycles. The van der Waals surface area contributed by atoms with Crippen molar-refractivity contribution in [2.75, 3.05) is 0 Å². The first kappa shape index (κ1) is 897. The Kier molecular flexibility index (Phi) is 10900. The molecule has 0 heterocycles. The Labute approximate surface area is 1220 Å². The summed E-state index contributed by atoms with van der Waals surface area (Å²) >= 11 is 0. The summed E-state index contributed by atoms with van der Waals surface area (Å²) in [5.74, 6) is 0. The Morgan fingerprint density at radius 2 is 0.0278 bits per heavy atom. The van der Waals surface area contributed by atoms with Crippen molar-refractivity contribution in [3.05, 3.63) is 0 Å². The third-order valence-electron chi connectivity index (χ3n) is 0. The van der Waals surface area contributed by atoms with Gasteiger partial charge in [0.25, 0.3) is 0 Å². The molecule has 0 unspecified atom stereocenters. The Bertz CT molecular complexity index is 18.0. The van der Waals surface area contributed by atoms with E-state index in [-0.39, 0.29) is 1250 Å². The summed E-state index contributed by atoms with van der Waals surface area (Å²) in [5.41, 5.74) is 0. The molecule has 72 heavy (non-hydrogen) atoms. The maximum atomic E-state index is 0. The Morgan fingerprint density at radius 1 is 0.0278 bits per heavy atom. The first-order chi connectivity index (χ1) is 0. The molecule has 207 radical (unpaired) electrons. The van der Waals surface area contributed by atoms with Crippen LogP contribution in [0.2, 0.25) is 0 Å². The predicted octanol–water partition coefficient (Wildman–Crippen LogP) is -26.3. The van der Waals surface area contributed by atoms with Crippen LogP contribution >= 0.6 is 0 Å². The summed E-state index contributed by atoms with van der Waals surface area (Å²) in [5, 5.41) is 0. The molecule has 0 nitrogen and oxygen atoms in total. The van der Waals surface area contributed by atoms with Gasteiger partial charge in [0.1, 0.15) is 0 Å². The Balaban J connectivity index is 0. The molecule has 0 rings (SSSR count). The molecule has 0 aromatic heterocycles. The van der Waals surface area contributed by atoms with Crippen molar-refractivity contribution < 1.29 is 52.1 Å². The van der Waals surface area contributed by atoms with Crippen LogP contribution in [0.15, 0.2) is 0 Å². The molecule has 225 valence electrons. The van der Waals surface area contributed by atoms with Gasteiger partial charge in [-0.05, 0) is 0 Å². The first-order valence-electron chi connectivity index (χ1n) is 0. The van der Waals surface area contributed by atoms with E-state index in [4.69, 9.17) is 0 Å². The van der Waals surface area contributed by atoms with Gasteiger partial charge >= 0.3 is 0 Å². The van der Waals surface area contributed by atoms with Crippen molar-refractivity contribution in [1.29, 1.82) is 0 Å². The van der Waals surface area contributed by atoms with Gasteiger partial charge in [0, 0.05) is 1250 Å². The zero-order valence-electron chi connectivity index (χ0n) is 41.1. The van der Waals surface area contributed by atoms with E-state index in [1.165, 1.54) is 0 Å². The molecule has 72 heteroatoms. The smallest absolute Gasteiger partial charge is 0 e. The summed E-state index contributed by atoms with van der Waals surface area (Å²) in [6.07, 6.45) is 0. The van der Waals surface area contributed by atoms with E-state index >= 15 is 0 Å². The van der Waals surface area contributed by atoms with E-state index in [0.717, 1.165) is 0 Å². The van der Waals surface area contributed by atoms with E-state index < -0.39 is 0 Å². The minimum absolute atomic E-state index is 0.